The van der Waals surface area contributed by atoms with Gasteiger partial charge < -0.3 is 11.1 Å². The number of carbonyl (C=O) groups is 1. The lowest BCUT2D eigenvalue weighted by atomic mass is 10.1. The number of hydrogen-bond donors (Lipinski definition) is 2. The zero-order valence-electron chi connectivity index (χ0n) is 12.6. The summed E-state index contributed by atoms with van der Waals surface area (Å²) in [7, 11) is 0. The minimum absolute atomic E-state index is 0.0481. The molecule has 3 rings (SSSR count). The van der Waals surface area contributed by atoms with Gasteiger partial charge in [0, 0.05) is 10.9 Å². The van der Waals surface area contributed by atoms with Crippen LogP contribution in [0.3, 0.4) is 0 Å². The summed E-state index contributed by atoms with van der Waals surface area (Å²) in [5.74, 6) is -0.0874. The van der Waals surface area contributed by atoms with Crippen LogP contribution in [0.2, 0.25) is 0 Å². The molecule has 0 unspecified atom stereocenters. The number of hydrogen-bond acceptors (Lipinski definition) is 5. The number of nitrogen functional groups attached to an aromatic ring is 1. The van der Waals surface area contributed by atoms with Crippen molar-refractivity contribution in [2.24, 2.45) is 0 Å². The molecule has 0 saturated heterocycles. The third-order valence-corrected chi connectivity index (χ3v) is 5.24. The quantitative estimate of drug-likeness (QED) is 0.910. The Kier molecular flexibility index (Phi) is 3.36. The highest BCUT2D eigenvalue weighted by Crippen LogP contribution is 2.38. The molecule has 1 aliphatic rings. The monoisotopic (exact) mass is 304 g/mol. The number of anilines is 1. The van der Waals surface area contributed by atoms with Crippen molar-refractivity contribution >= 4 is 33.1 Å². The summed E-state index contributed by atoms with van der Waals surface area (Å²) in [6.07, 6.45) is 3.73. The Morgan fingerprint density at radius 2 is 2.05 bits per heavy atom. The molecule has 2 aromatic heterocycles. The van der Waals surface area contributed by atoms with E-state index in [9.17, 15) is 4.79 Å². The van der Waals surface area contributed by atoms with Gasteiger partial charge in [-0.1, -0.05) is 13.8 Å². The van der Waals surface area contributed by atoms with Crippen LogP contribution in [0.15, 0.2) is 0 Å². The lowest BCUT2D eigenvalue weighted by Crippen LogP contribution is -2.34. The van der Waals surface area contributed by atoms with E-state index in [2.05, 4.69) is 36.3 Å². The highest BCUT2D eigenvalue weighted by Gasteiger charge is 2.39. The second-order valence-corrected chi connectivity index (χ2v) is 6.87. The Balaban J connectivity index is 2.09. The number of amides is 1. The van der Waals surface area contributed by atoms with Crippen LogP contribution in [0.1, 0.15) is 54.5 Å². The molecular formula is C15H20N4OS. The summed E-state index contributed by atoms with van der Waals surface area (Å²) in [6, 6.07) is 0. The van der Waals surface area contributed by atoms with E-state index in [0.29, 0.717) is 10.6 Å². The molecule has 0 aliphatic heterocycles. The Morgan fingerprint density at radius 3 is 2.62 bits per heavy atom. The van der Waals surface area contributed by atoms with Gasteiger partial charge in [-0.2, -0.15) is 5.10 Å². The topological polar surface area (TPSA) is 80.9 Å². The van der Waals surface area contributed by atoms with Crippen molar-refractivity contribution in [3.63, 3.8) is 0 Å². The zero-order valence-corrected chi connectivity index (χ0v) is 13.4. The predicted molar refractivity (Wildman–Crippen MR) is 85.7 cm³/mol. The fraction of sp³-hybridized carbons (Fsp3) is 0.533. The van der Waals surface area contributed by atoms with Gasteiger partial charge in [-0.05, 0) is 38.2 Å². The number of rotatable bonds is 4. The number of nitrogens with one attached hydrogen (secondary N) is 1. The van der Waals surface area contributed by atoms with Gasteiger partial charge in [0.25, 0.3) is 5.91 Å². The number of nitrogens with two attached hydrogens (primary N) is 1. The van der Waals surface area contributed by atoms with Gasteiger partial charge in [-0.15, -0.1) is 16.4 Å². The number of aryl methyl sites for hydroxylation is 2. The lowest BCUT2D eigenvalue weighted by molar-refractivity contribution is 0.0940. The van der Waals surface area contributed by atoms with Gasteiger partial charge in [0.15, 0.2) is 0 Å². The van der Waals surface area contributed by atoms with Crippen LogP contribution in [0, 0.1) is 0 Å². The van der Waals surface area contributed by atoms with Crippen molar-refractivity contribution in [1.82, 2.24) is 15.5 Å². The average molecular weight is 304 g/mol. The molecule has 112 valence electrons. The molecule has 1 amide bonds. The van der Waals surface area contributed by atoms with Crippen LogP contribution in [0.25, 0.3) is 10.2 Å². The summed E-state index contributed by atoms with van der Waals surface area (Å²) in [5, 5.41) is 12.5. The van der Waals surface area contributed by atoms with Gasteiger partial charge in [-0.25, -0.2) is 0 Å². The third-order valence-electron chi connectivity index (χ3n) is 4.15. The van der Waals surface area contributed by atoms with Crippen molar-refractivity contribution in [2.75, 3.05) is 5.73 Å². The molecule has 0 radical (unpaired) electrons. The molecule has 1 aliphatic carbocycles. The van der Waals surface area contributed by atoms with E-state index in [-0.39, 0.29) is 11.4 Å². The van der Waals surface area contributed by atoms with E-state index in [0.717, 1.165) is 47.2 Å². The minimum Gasteiger partial charge on any atom is -0.397 e. The van der Waals surface area contributed by atoms with Crippen molar-refractivity contribution in [3.05, 3.63) is 16.1 Å². The van der Waals surface area contributed by atoms with Crippen molar-refractivity contribution < 1.29 is 4.79 Å². The van der Waals surface area contributed by atoms with E-state index < -0.39 is 0 Å². The van der Waals surface area contributed by atoms with Crippen LogP contribution in [0.5, 0.6) is 0 Å². The van der Waals surface area contributed by atoms with Gasteiger partial charge in [0.2, 0.25) is 0 Å². The maximum Gasteiger partial charge on any atom is 0.263 e. The van der Waals surface area contributed by atoms with Gasteiger partial charge in [-0.3, -0.25) is 4.79 Å². The minimum atomic E-state index is -0.0874. The zero-order chi connectivity index (χ0) is 15.2. The summed E-state index contributed by atoms with van der Waals surface area (Å²) in [6.45, 7) is 6.19. The van der Waals surface area contributed by atoms with Gasteiger partial charge in [0.05, 0.1) is 11.4 Å². The second-order valence-electron chi connectivity index (χ2n) is 5.87. The first-order valence-electron chi connectivity index (χ1n) is 7.38. The molecule has 21 heavy (non-hydrogen) atoms. The maximum absolute atomic E-state index is 12.4. The number of thiophene rings is 1. The van der Waals surface area contributed by atoms with Crippen molar-refractivity contribution in [2.45, 2.75) is 52.0 Å². The molecule has 0 bridgehead atoms. The van der Waals surface area contributed by atoms with Crippen molar-refractivity contribution in [3.8, 4) is 0 Å². The highest BCUT2D eigenvalue weighted by atomic mass is 32.1. The third kappa shape index (κ3) is 2.37. The van der Waals surface area contributed by atoms with Crippen LogP contribution in [-0.4, -0.2) is 21.6 Å². The maximum atomic E-state index is 12.4. The summed E-state index contributed by atoms with van der Waals surface area (Å²) < 4.78 is 0. The molecule has 5 nitrogen and oxygen atoms in total. The van der Waals surface area contributed by atoms with Crippen LogP contribution in [-0.2, 0) is 12.8 Å². The molecule has 0 aromatic carbocycles. The predicted octanol–water partition coefficient (Wildman–Crippen LogP) is 2.68. The number of nitrogens with zero attached hydrogens (tertiary/aromatic N) is 2. The van der Waals surface area contributed by atoms with E-state index in [1.165, 1.54) is 11.3 Å². The molecule has 2 heterocycles. The first kappa shape index (κ1) is 14.3. The molecule has 0 spiro atoms. The first-order valence-corrected chi connectivity index (χ1v) is 8.19. The highest BCUT2D eigenvalue weighted by molar-refractivity contribution is 7.21. The number of fused-ring (bicyclic) bond motifs is 1. The smallest absolute Gasteiger partial charge is 0.263 e. The van der Waals surface area contributed by atoms with E-state index in [1.54, 1.807) is 0 Å². The fourth-order valence-corrected chi connectivity index (χ4v) is 3.55. The molecule has 3 N–H and O–H groups in total. The van der Waals surface area contributed by atoms with Crippen LogP contribution < -0.4 is 11.1 Å². The molecule has 1 saturated carbocycles. The SMILES string of the molecule is CCc1nnc2sc(C(=O)NC3(C)CC3)c(N)c2c1CC. The standard InChI is InChI=1S/C15H20N4OS/c1-4-8-9(5-2)18-19-14-10(8)11(16)12(21-14)13(20)17-15(3)6-7-15/h4-7,16H2,1-3H3,(H,17,20). The van der Waals surface area contributed by atoms with Gasteiger partial charge in [0.1, 0.15) is 9.71 Å². The Hall–Kier alpha value is -1.69. The van der Waals surface area contributed by atoms with Crippen LogP contribution >= 0.6 is 11.3 Å². The summed E-state index contributed by atoms with van der Waals surface area (Å²) >= 11 is 1.34. The average Bonchev–Trinajstić information content (AvgIpc) is 3.09. The van der Waals surface area contributed by atoms with Gasteiger partial charge >= 0.3 is 0 Å². The largest absolute Gasteiger partial charge is 0.397 e. The molecular weight excluding hydrogens is 284 g/mol. The second kappa shape index (κ2) is 4.94. The van der Waals surface area contributed by atoms with E-state index in [1.807, 2.05) is 0 Å². The summed E-state index contributed by atoms with van der Waals surface area (Å²) in [5.41, 5.74) is 8.85. The number of carbonyl (C=O) groups excluding carboxylic acids is 1. The first-order chi connectivity index (χ1) is 9.99. The Bertz CT molecular complexity index is 718. The molecule has 0 atom stereocenters. The van der Waals surface area contributed by atoms with Crippen molar-refractivity contribution in [1.29, 1.82) is 0 Å². The summed E-state index contributed by atoms with van der Waals surface area (Å²) in [4.78, 5) is 13.7. The molecule has 2 aromatic rings. The van der Waals surface area contributed by atoms with Crippen LogP contribution in [0.4, 0.5) is 5.69 Å². The van der Waals surface area contributed by atoms with E-state index >= 15 is 0 Å². The molecule has 1 fully saturated rings. The van der Waals surface area contributed by atoms with E-state index in [4.69, 9.17) is 5.73 Å². The molecule has 6 heteroatoms. The normalized spacial score (nSPS) is 16.1. The Labute approximate surface area is 127 Å². The lowest BCUT2D eigenvalue weighted by Gasteiger charge is -2.10. The number of aromatic nitrogens is 2. The fourth-order valence-electron chi connectivity index (χ4n) is 2.58. The Morgan fingerprint density at radius 1 is 1.33 bits per heavy atom.